The molecule has 1 aliphatic heterocycles. The number of piperazine rings is 1. The number of hydrogen-bond donors (Lipinski definition) is 0. The molecule has 0 radical (unpaired) electrons. The summed E-state index contributed by atoms with van der Waals surface area (Å²) in [6.07, 6.45) is 1.48. The third kappa shape index (κ3) is 5.28. The van der Waals surface area contributed by atoms with Crippen LogP contribution in [0.2, 0.25) is 5.02 Å². The predicted molar refractivity (Wildman–Crippen MR) is 118 cm³/mol. The lowest BCUT2D eigenvalue weighted by molar-refractivity contribution is -0.126. The van der Waals surface area contributed by atoms with Gasteiger partial charge in [0.15, 0.2) is 18.1 Å². The van der Waals surface area contributed by atoms with Crippen LogP contribution in [0.4, 0.5) is 5.69 Å². The summed E-state index contributed by atoms with van der Waals surface area (Å²) in [7, 11) is 1.45. The fourth-order valence-corrected chi connectivity index (χ4v) is 3.63. The van der Waals surface area contributed by atoms with Crippen LogP contribution in [-0.4, -0.2) is 50.7 Å². The number of benzene rings is 2. The third-order valence-corrected chi connectivity index (χ3v) is 5.16. The molecule has 0 bridgehead atoms. The second-order valence-electron chi connectivity index (χ2n) is 6.77. The summed E-state index contributed by atoms with van der Waals surface area (Å²) in [5, 5.41) is 18.5. The fourth-order valence-electron chi connectivity index (χ4n) is 3.35. The van der Waals surface area contributed by atoms with Crippen molar-refractivity contribution in [3.8, 4) is 23.6 Å². The van der Waals surface area contributed by atoms with Crippen molar-refractivity contribution < 1.29 is 14.3 Å². The Morgan fingerprint density at radius 1 is 1.16 bits per heavy atom. The number of anilines is 1. The van der Waals surface area contributed by atoms with E-state index >= 15 is 0 Å². The van der Waals surface area contributed by atoms with Crippen LogP contribution < -0.4 is 14.4 Å². The summed E-state index contributed by atoms with van der Waals surface area (Å²) in [4.78, 5) is 16.8. The molecular formula is C23H21ClN4O3. The van der Waals surface area contributed by atoms with Crippen LogP contribution in [0.5, 0.6) is 11.5 Å². The number of ether oxygens (including phenoxy) is 2. The van der Waals surface area contributed by atoms with Gasteiger partial charge in [-0.2, -0.15) is 10.5 Å². The first-order chi connectivity index (χ1) is 15.1. The van der Waals surface area contributed by atoms with E-state index < -0.39 is 0 Å². The van der Waals surface area contributed by atoms with Crippen LogP contribution in [0.25, 0.3) is 6.08 Å². The molecular weight excluding hydrogens is 416 g/mol. The summed E-state index contributed by atoms with van der Waals surface area (Å²) >= 11 is 6.25. The Kier molecular flexibility index (Phi) is 7.37. The summed E-state index contributed by atoms with van der Waals surface area (Å²) in [5.74, 6) is 0.232. The van der Waals surface area contributed by atoms with Gasteiger partial charge in [-0.05, 0) is 35.9 Å². The molecule has 0 saturated carbocycles. The lowest BCUT2D eigenvalue weighted by Gasteiger charge is -2.36. The molecule has 158 valence electrons. The molecule has 1 fully saturated rings. The quantitative estimate of drug-likeness (QED) is 0.508. The van der Waals surface area contributed by atoms with E-state index in [0.29, 0.717) is 37.5 Å². The molecule has 1 aliphatic rings. The zero-order valence-electron chi connectivity index (χ0n) is 17.0. The van der Waals surface area contributed by atoms with Crippen LogP contribution in [-0.2, 0) is 4.79 Å². The highest BCUT2D eigenvalue weighted by Crippen LogP contribution is 2.37. The van der Waals surface area contributed by atoms with Crippen molar-refractivity contribution >= 4 is 29.3 Å². The zero-order chi connectivity index (χ0) is 22.2. The number of methoxy groups -OCH3 is 1. The number of nitrogens with zero attached hydrogens (tertiary/aromatic N) is 4. The molecule has 1 heterocycles. The Morgan fingerprint density at radius 3 is 2.48 bits per heavy atom. The minimum Gasteiger partial charge on any atom is -0.493 e. The van der Waals surface area contributed by atoms with Gasteiger partial charge in [0.25, 0.3) is 5.91 Å². The van der Waals surface area contributed by atoms with Crippen LogP contribution in [0.3, 0.4) is 0 Å². The number of carbonyl (C=O) groups excluding carboxylic acids is 1. The number of hydrogen-bond acceptors (Lipinski definition) is 6. The van der Waals surface area contributed by atoms with Gasteiger partial charge in [-0.1, -0.05) is 29.8 Å². The molecule has 7 nitrogen and oxygen atoms in total. The monoisotopic (exact) mass is 436 g/mol. The van der Waals surface area contributed by atoms with Gasteiger partial charge in [0, 0.05) is 31.9 Å². The van der Waals surface area contributed by atoms with Gasteiger partial charge in [0.2, 0.25) is 0 Å². The maximum absolute atomic E-state index is 12.9. The highest BCUT2D eigenvalue weighted by molar-refractivity contribution is 6.32. The normalized spacial score (nSPS) is 13.9. The second-order valence-corrected chi connectivity index (χ2v) is 7.17. The lowest BCUT2D eigenvalue weighted by Crippen LogP contribution is -2.49. The van der Waals surface area contributed by atoms with Crippen LogP contribution in [0, 0.1) is 22.7 Å². The molecule has 0 N–H and O–H groups in total. The summed E-state index contributed by atoms with van der Waals surface area (Å²) in [5.41, 5.74) is 1.65. The Bertz CT molecular complexity index is 1050. The van der Waals surface area contributed by atoms with Gasteiger partial charge in [0.1, 0.15) is 17.7 Å². The van der Waals surface area contributed by atoms with Crippen LogP contribution in [0.15, 0.2) is 48.0 Å². The minimum atomic E-state index is -0.324. The Hall–Kier alpha value is -3.68. The van der Waals surface area contributed by atoms with E-state index in [4.69, 9.17) is 26.3 Å². The molecule has 0 aromatic heterocycles. The van der Waals surface area contributed by atoms with Gasteiger partial charge in [0.05, 0.1) is 12.1 Å². The maximum atomic E-state index is 12.9. The van der Waals surface area contributed by atoms with E-state index in [1.165, 1.54) is 13.2 Å². The summed E-state index contributed by atoms with van der Waals surface area (Å²) < 4.78 is 10.6. The van der Waals surface area contributed by atoms with Crippen molar-refractivity contribution in [1.82, 2.24) is 4.90 Å². The lowest BCUT2D eigenvalue weighted by atomic mass is 10.1. The molecule has 31 heavy (non-hydrogen) atoms. The molecule has 3 rings (SSSR count). The first-order valence-electron chi connectivity index (χ1n) is 9.65. The first kappa shape index (κ1) is 22.0. The van der Waals surface area contributed by atoms with E-state index in [-0.39, 0.29) is 28.9 Å². The second kappa shape index (κ2) is 10.4. The first-order valence-corrected chi connectivity index (χ1v) is 10.0. The van der Waals surface area contributed by atoms with E-state index in [0.717, 1.165) is 5.69 Å². The molecule has 0 spiro atoms. The molecule has 2 aromatic carbocycles. The number of nitriles is 2. The van der Waals surface area contributed by atoms with Gasteiger partial charge < -0.3 is 19.3 Å². The maximum Gasteiger partial charge on any atom is 0.264 e. The molecule has 1 amide bonds. The zero-order valence-corrected chi connectivity index (χ0v) is 17.8. The highest BCUT2D eigenvalue weighted by Gasteiger charge is 2.24. The predicted octanol–water partition coefficient (Wildman–Crippen LogP) is 3.51. The Labute approximate surface area is 186 Å². The van der Waals surface area contributed by atoms with Gasteiger partial charge in [-0.25, -0.2) is 0 Å². The Balaban J connectivity index is 1.75. The highest BCUT2D eigenvalue weighted by atomic mass is 35.5. The van der Waals surface area contributed by atoms with Crippen LogP contribution in [0.1, 0.15) is 5.56 Å². The number of carbonyl (C=O) groups is 1. The van der Waals surface area contributed by atoms with E-state index in [1.54, 1.807) is 17.0 Å². The molecule has 0 aliphatic carbocycles. The average Bonchev–Trinajstić information content (AvgIpc) is 2.81. The average molecular weight is 437 g/mol. The third-order valence-electron chi connectivity index (χ3n) is 4.88. The van der Waals surface area contributed by atoms with E-state index in [1.807, 2.05) is 42.5 Å². The van der Waals surface area contributed by atoms with Crippen molar-refractivity contribution in [3.63, 3.8) is 0 Å². The van der Waals surface area contributed by atoms with Gasteiger partial charge in [-0.3, -0.25) is 4.79 Å². The standard InChI is InChI=1S/C23H21ClN4O3/c1-30-21-15-17(14-20(24)22(21)31-12-7-25)13-18(16-26)23(29)28-10-8-27(9-11-28)19-5-3-2-4-6-19/h2-6,13-15H,8-12H2,1H3/b18-13-. The molecule has 0 unspecified atom stereocenters. The summed E-state index contributed by atoms with van der Waals surface area (Å²) in [6.45, 7) is 2.26. The van der Waals surface area contributed by atoms with Gasteiger partial charge in [-0.15, -0.1) is 0 Å². The van der Waals surface area contributed by atoms with Crippen molar-refractivity contribution in [3.05, 3.63) is 58.6 Å². The SMILES string of the molecule is COc1cc(/C=C(/C#N)C(=O)N2CCN(c3ccccc3)CC2)cc(Cl)c1OCC#N. The number of para-hydroxylation sites is 1. The van der Waals surface area contributed by atoms with E-state index in [2.05, 4.69) is 4.90 Å². The fraction of sp³-hybridized carbons (Fsp3) is 0.261. The summed E-state index contributed by atoms with van der Waals surface area (Å²) in [6, 6.07) is 17.1. The molecule has 1 saturated heterocycles. The number of rotatable bonds is 6. The van der Waals surface area contributed by atoms with Crippen molar-refractivity contribution in [2.45, 2.75) is 0 Å². The minimum absolute atomic E-state index is 0.0111. The topological polar surface area (TPSA) is 89.6 Å². The number of halogens is 1. The smallest absolute Gasteiger partial charge is 0.264 e. The number of amides is 1. The largest absolute Gasteiger partial charge is 0.493 e. The van der Waals surface area contributed by atoms with Crippen molar-refractivity contribution in [2.75, 3.05) is 44.8 Å². The van der Waals surface area contributed by atoms with Crippen LogP contribution >= 0.6 is 11.6 Å². The molecule has 0 atom stereocenters. The molecule has 2 aromatic rings. The molecule has 8 heteroatoms. The van der Waals surface area contributed by atoms with Gasteiger partial charge >= 0.3 is 0 Å². The Morgan fingerprint density at radius 2 is 1.87 bits per heavy atom. The van der Waals surface area contributed by atoms with Crippen molar-refractivity contribution in [1.29, 1.82) is 10.5 Å². The van der Waals surface area contributed by atoms with E-state index in [9.17, 15) is 10.1 Å². The van der Waals surface area contributed by atoms with Crippen molar-refractivity contribution in [2.24, 2.45) is 0 Å².